The third kappa shape index (κ3) is 9.07. The van der Waals surface area contributed by atoms with Crippen molar-refractivity contribution in [1.29, 1.82) is 0 Å². The molecule has 0 amide bonds. The lowest BCUT2D eigenvalue weighted by Crippen LogP contribution is -2.26. The Kier molecular flexibility index (Phi) is 9.99. The van der Waals surface area contributed by atoms with E-state index in [9.17, 15) is 4.79 Å². The number of carbonyl (C=O) groups excluding carboxylic acids is 1. The van der Waals surface area contributed by atoms with Gasteiger partial charge in [0, 0.05) is 0 Å². The molecule has 1 atom stereocenters. The molecule has 1 unspecified atom stereocenters. The number of rotatable bonds is 10. The number of ether oxygens (including phenoxy) is 1. The molecule has 0 radical (unpaired) electrons. The topological polar surface area (TPSA) is 26.3 Å². The van der Waals surface area contributed by atoms with Gasteiger partial charge >= 0.3 is 5.97 Å². The molecule has 0 saturated carbocycles. The maximum atomic E-state index is 12.2. The van der Waals surface area contributed by atoms with E-state index in [0.29, 0.717) is 11.8 Å². The summed E-state index contributed by atoms with van der Waals surface area (Å²) in [5.74, 6) is 1.28. The van der Waals surface area contributed by atoms with Crippen molar-refractivity contribution >= 4 is 5.97 Å². The minimum absolute atomic E-state index is 0.0299. The lowest BCUT2D eigenvalue weighted by Gasteiger charge is -2.24. The second kappa shape index (κ2) is 10.3. The monoisotopic (exact) mass is 270 g/mol. The summed E-state index contributed by atoms with van der Waals surface area (Å²) in [4.78, 5) is 12.2. The Hall–Kier alpha value is -0.530. The van der Waals surface area contributed by atoms with E-state index < -0.39 is 0 Å². The summed E-state index contributed by atoms with van der Waals surface area (Å²) in [5.41, 5.74) is 0. The number of esters is 1. The van der Waals surface area contributed by atoms with E-state index in [0.717, 1.165) is 38.5 Å². The summed E-state index contributed by atoms with van der Waals surface area (Å²) in [6, 6.07) is 0. The molecule has 2 heteroatoms. The maximum absolute atomic E-state index is 12.2. The first kappa shape index (κ1) is 18.5. The Labute approximate surface area is 120 Å². The summed E-state index contributed by atoms with van der Waals surface area (Å²) >= 11 is 0. The highest BCUT2D eigenvalue weighted by molar-refractivity contribution is 5.72. The van der Waals surface area contributed by atoms with E-state index in [1.165, 1.54) is 0 Å². The van der Waals surface area contributed by atoms with E-state index >= 15 is 0 Å². The standard InChI is InChI=1S/C17H34O2/c1-7-9-10-15(8-2)17(18)19-16(11-13(3)4)12-14(5)6/h13-16H,7-12H2,1-6H3. The Bertz CT molecular complexity index is 223. The van der Waals surface area contributed by atoms with Crippen molar-refractivity contribution in [2.45, 2.75) is 86.2 Å². The summed E-state index contributed by atoms with van der Waals surface area (Å²) in [7, 11) is 0. The maximum Gasteiger partial charge on any atom is 0.309 e. The molecular formula is C17H34O2. The molecule has 0 aromatic carbocycles. The van der Waals surface area contributed by atoms with Gasteiger partial charge in [0.1, 0.15) is 6.10 Å². The van der Waals surface area contributed by atoms with Crippen LogP contribution in [0.3, 0.4) is 0 Å². The van der Waals surface area contributed by atoms with Gasteiger partial charge in [0.25, 0.3) is 0 Å². The fourth-order valence-electron chi connectivity index (χ4n) is 2.44. The predicted molar refractivity (Wildman–Crippen MR) is 82.1 cm³/mol. The van der Waals surface area contributed by atoms with Crippen LogP contribution >= 0.6 is 0 Å². The summed E-state index contributed by atoms with van der Waals surface area (Å²) in [6.45, 7) is 13.0. The van der Waals surface area contributed by atoms with Crippen molar-refractivity contribution in [1.82, 2.24) is 0 Å². The lowest BCUT2D eigenvalue weighted by atomic mass is 9.96. The molecule has 0 aromatic rings. The summed E-state index contributed by atoms with van der Waals surface area (Å²) < 4.78 is 5.78. The highest BCUT2D eigenvalue weighted by atomic mass is 16.5. The van der Waals surface area contributed by atoms with Crippen LogP contribution in [0.4, 0.5) is 0 Å². The van der Waals surface area contributed by atoms with Gasteiger partial charge in [0.15, 0.2) is 0 Å². The second-order valence-corrected chi connectivity index (χ2v) is 6.57. The third-order valence-electron chi connectivity index (χ3n) is 3.48. The molecule has 0 aliphatic carbocycles. The molecule has 19 heavy (non-hydrogen) atoms. The zero-order chi connectivity index (χ0) is 14.8. The van der Waals surface area contributed by atoms with E-state index in [1.807, 2.05) is 0 Å². The van der Waals surface area contributed by atoms with Crippen molar-refractivity contribution in [2.75, 3.05) is 0 Å². The van der Waals surface area contributed by atoms with E-state index in [2.05, 4.69) is 41.5 Å². The van der Waals surface area contributed by atoms with Gasteiger partial charge < -0.3 is 4.74 Å². The molecule has 0 spiro atoms. The molecule has 0 N–H and O–H groups in total. The quantitative estimate of drug-likeness (QED) is 0.510. The van der Waals surface area contributed by atoms with Crippen LogP contribution in [0, 0.1) is 17.8 Å². The van der Waals surface area contributed by atoms with Crippen LogP contribution in [0.2, 0.25) is 0 Å². The second-order valence-electron chi connectivity index (χ2n) is 6.57. The number of hydrogen-bond acceptors (Lipinski definition) is 2. The summed E-state index contributed by atoms with van der Waals surface area (Å²) in [5, 5.41) is 0. The van der Waals surface area contributed by atoms with E-state index in [-0.39, 0.29) is 18.0 Å². The Balaban J connectivity index is 4.40. The Morgan fingerprint density at radius 3 is 1.89 bits per heavy atom. The van der Waals surface area contributed by atoms with Crippen LogP contribution < -0.4 is 0 Å². The Morgan fingerprint density at radius 1 is 1.00 bits per heavy atom. The van der Waals surface area contributed by atoms with E-state index in [4.69, 9.17) is 4.74 Å². The molecule has 0 rings (SSSR count). The van der Waals surface area contributed by atoms with Gasteiger partial charge in [-0.15, -0.1) is 0 Å². The van der Waals surface area contributed by atoms with Crippen molar-refractivity contribution in [2.24, 2.45) is 17.8 Å². The van der Waals surface area contributed by atoms with Crippen LogP contribution in [0.15, 0.2) is 0 Å². The fraction of sp³-hybridized carbons (Fsp3) is 0.941. The highest BCUT2D eigenvalue weighted by Crippen LogP contribution is 2.21. The molecule has 0 saturated heterocycles. The first-order valence-corrected chi connectivity index (χ1v) is 8.11. The minimum atomic E-state index is 0.0299. The SMILES string of the molecule is CCCCC(CC)C(=O)OC(CC(C)C)CC(C)C. The number of carbonyl (C=O) groups is 1. The van der Waals surface area contributed by atoms with Crippen molar-refractivity contribution in [3.8, 4) is 0 Å². The molecule has 114 valence electrons. The average molecular weight is 270 g/mol. The summed E-state index contributed by atoms with van der Waals surface area (Å²) in [6.07, 6.45) is 6.19. The van der Waals surface area contributed by atoms with Gasteiger partial charge in [0.2, 0.25) is 0 Å². The molecule has 0 bridgehead atoms. The van der Waals surface area contributed by atoms with Crippen molar-refractivity contribution < 1.29 is 9.53 Å². The van der Waals surface area contributed by atoms with Crippen LogP contribution in [0.5, 0.6) is 0 Å². The van der Waals surface area contributed by atoms with Crippen LogP contribution in [0.1, 0.15) is 80.1 Å². The molecular weight excluding hydrogens is 236 g/mol. The van der Waals surface area contributed by atoms with Gasteiger partial charge in [-0.25, -0.2) is 0 Å². The van der Waals surface area contributed by atoms with Gasteiger partial charge in [0.05, 0.1) is 5.92 Å². The molecule has 0 heterocycles. The highest BCUT2D eigenvalue weighted by Gasteiger charge is 2.23. The fourth-order valence-corrected chi connectivity index (χ4v) is 2.44. The van der Waals surface area contributed by atoms with E-state index in [1.54, 1.807) is 0 Å². The van der Waals surface area contributed by atoms with Crippen LogP contribution in [-0.2, 0) is 9.53 Å². The first-order chi connectivity index (χ1) is 8.90. The van der Waals surface area contributed by atoms with Crippen LogP contribution in [0.25, 0.3) is 0 Å². The molecule has 0 aliphatic rings. The smallest absolute Gasteiger partial charge is 0.309 e. The predicted octanol–water partition coefficient (Wildman–Crippen LogP) is 5.21. The Morgan fingerprint density at radius 2 is 1.53 bits per heavy atom. The number of unbranched alkanes of at least 4 members (excludes halogenated alkanes) is 1. The largest absolute Gasteiger partial charge is 0.462 e. The van der Waals surface area contributed by atoms with Gasteiger partial charge in [-0.05, 0) is 37.5 Å². The van der Waals surface area contributed by atoms with Crippen molar-refractivity contribution in [3.63, 3.8) is 0 Å². The van der Waals surface area contributed by atoms with Gasteiger partial charge in [-0.2, -0.15) is 0 Å². The van der Waals surface area contributed by atoms with Crippen molar-refractivity contribution in [3.05, 3.63) is 0 Å². The zero-order valence-corrected chi connectivity index (χ0v) is 13.9. The molecule has 2 nitrogen and oxygen atoms in total. The lowest BCUT2D eigenvalue weighted by molar-refractivity contribution is -0.156. The third-order valence-corrected chi connectivity index (χ3v) is 3.48. The minimum Gasteiger partial charge on any atom is -0.462 e. The number of hydrogen-bond donors (Lipinski definition) is 0. The normalized spacial score (nSPS) is 13.3. The first-order valence-electron chi connectivity index (χ1n) is 8.11. The van der Waals surface area contributed by atoms with Crippen LogP contribution in [-0.4, -0.2) is 12.1 Å². The average Bonchev–Trinajstić information content (AvgIpc) is 2.28. The molecule has 0 aliphatic heterocycles. The molecule has 0 fully saturated rings. The van der Waals surface area contributed by atoms with Gasteiger partial charge in [-0.1, -0.05) is 54.4 Å². The zero-order valence-electron chi connectivity index (χ0n) is 13.9. The van der Waals surface area contributed by atoms with Gasteiger partial charge in [-0.3, -0.25) is 4.79 Å². The molecule has 0 aromatic heterocycles.